The topological polar surface area (TPSA) is 142 Å². The lowest BCUT2D eigenvalue weighted by Crippen LogP contribution is -2.24. The summed E-state index contributed by atoms with van der Waals surface area (Å²) < 4.78 is 25.5. The van der Waals surface area contributed by atoms with Crippen molar-refractivity contribution in [1.82, 2.24) is 19.7 Å². The lowest BCUT2D eigenvalue weighted by molar-refractivity contribution is 0.252. The molecule has 2 heterocycles. The Morgan fingerprint density at radius 1 is 1.17 bits per heavy atom. The molecule has 0 bridgehead atoms. The third-order valence-electron chi connectivity index (χ3n) is 5.86. The predicted octanol–water partition coefficient (Wildman–Crippen LogP) is 2.29. The van der Waals surface area contributed by atoms with Gasteiger partial charge in [-0.05, 0) is 68.7 Å². The summed E-state index contributed by atoms with van der Waals surface area (Å²) in [6.45, 7) is 3.29. The first-order chi connectivity index (χ1) is 14.3. The molecule has 0 atom stereocenters. The number of anilines is 2. The molecular formula is C20H27N7O2S. The Labute approximate surface area is 175 Å². The fraction of sp³-hybridized carbons (Fsp3) is 0.450. The molecule has 30 heavy (non-hydrogen) atoms. The molecule has 10 heteroatoms. The van der Waals surface area contributed by atoms with E-state index < -0.39 is 10.0 Å². The Bertz CT molecular complexity index is 1150. The zero-order chi connectivity index (χ0) is 21.3. The molecule has 4 rings (SSSR count). The Morgan fingerprint density at radius 2 is 1.90 bits per heavy atom. The van der Waals surface area contributed by atoms with Gasteiger partial charge >= 0.3 is 0 Å². The number of fused-ring (bicyclic) bond motifs is 1. The number of primary sulfonamides is 1. The van der Waals surface area contributed by atoms with E-state index in [1.165, 1.54) is 18.9 Å². The summed E-state index contributed by atoms with van der Waals surface area (Å²) in [5.74, 6) is 1.59. The molecule has 1 aliphatic rings. The van der Waals surface area contributed by atoms with Crippen LogP contribution in [0.3, 0.4) is 0 Å². The van der Waals surface area contributed by atoms with Crippen LogP contribution in [0.15, 0.2) is 35.5 Å². The number of aryl methyl sites for hydroxylation is 1. The van der Waals surface area contributed by atoms with Crippen molar-refractivity contribution in [2.75, 3.05) is 11.9 Å². The normalized spacial score (nSPS) is 19.8. The lowest BCUT2D eigenvalue weighted by Gasteiger charge is -2.27. The van der Waals surface area contributed by atoms with Crippen LogP contribution in [0.5, 0.6) is 0 Å². The van der Waals surface area contributed by atoms with Crippen molar-refractivity contribution in [2.45, 2.75) is 44.0 Å². The van der Waals surface area contributed by atoms with Crippen LogP contribution in [0, 0.1) is 18.8 Å². The maximum Gasteiger partial charge on any atom is 0.238 e. The molecule has 0 amide bonds. The molecule has 9 nitrogen and oxygen atoms in total. The number of aromatic nitrogens is 4. The first-order valence-electron chi connectivity index (χ1n) is 10.1. The molecule has 0 spiro atoms. The van der Waals surface area contributed by atoms with Crippen molar-refractivity contribution < 1.29 is 8.42 Å². The highest BCUT2D eigenvalue weighted by atomic mass is 32.2. The highest BCUT2D eigenvalue weighted by molar-refractivity contribution is 7.89. The second-order valence-electron chi connectivity index (χ2n) is 8.07. The van der Waals surface area contributed by atoms with Crippen LogP contribution < -0.4 is 16.2 Å². The maximum absolute atomic E-state index is 11.8. The zero-order valence-electron chi connectivity index (χ0n) is 17.0. The van der Waals surface area contributed by atoms with Gasteiger partial charge in [-0.1, -0.05) is 6.07 Å². The van der Waals surface area contributed by atoms with Gasteiger partial charge in [0, 0.05) is 18.4 Å². The van der Waals surface area contributed by atoms with Crippen LogP contribution in [0.1, 0.15) is 31.2 Å². The molecule has 1 aliphatic carbocycles. The Morgan fingerprint density at radius 3 is 2.60 bits per heavy atom. The second-order valence-corrected chi connectivity index (χ2v) is 9.60. The number of rotatable bonds is 6. The number of nitrogens with one attached hydrogen (secondary N) is 1. The summed E-state index contributed by atoms with van der Waals surface area (Å²) in [4.78, 5) is 9.02. The molecule has 0 radical (unpaired) electrons. The van der Waals surface area contributed by atoms with Gasteiger partial charge in [0.05, 0.1) is 16.5 Å². The van der Waals surface area contributed by atoms with E-state index >= 15 is 0 Å². The molecule has 2 aromatic heterocycles. The van der Waals surface area contributed by atoms with Crippen LogP contribution in [0.25, 0.3) is 11.0 Å². The summed E-state index contributed by atoms with van der Waals surface area (Å²) in [6, 6.07) is 4.96. The van der Waals surface area contributed by atoms with E-state index in [-0.39, 0.29) is 4.90 Å². The summed E-state index contributed by atoms with van der Waals surface area (Å²) >= 11 is 0. The molecule has 5 N–H and O–H groups in total. The molecule has 0 unspecified atom stereocenters. The van der Waals surface area contributed by atoms with Gasteiger partial charge in [0.25, 0.3) is 0 Å². The SMILES string of the molecule is Cc1ccc(Nc2ncc3cnn(C[C@H]4CC[C@H](CN)CC4)c3n2)cc1S(N)(=O)=O. The van der Waals surface area contributed by atoms with E-state index in [9.17, 15) is 8.42 Å². The van der Waals surface area contributed by atoms with Gasteiger partial charge in [0.1, 0.15) is 0 Å². The average molecular weight is 430 g/mol. The maximum atomic E-state index is 11.8. The molecule has 0 saturated heterocycles. The number of nitrogens with two attached hydrogens (primary N) is 2. The molecule has 1 saturated carbocycles. The standard InChI is InChI=1S/C20H27N7O2S/c1-13-2-7-17(8-18(13)30(22,28)29)25-20-23-10-16-11-24-27(19(16)26-20)12-15-5-3-14(9-21)4-6-15/h2,7-8,10-11,14-15H,3-6,9,12,21H2,1H3,(H2,22,28,29)(H,23,25,26)/t14-,15-. The summed E-state index contributed by atoms with van der Waals surface area (Å²) in [7, 11) is -3.81. The van der Waals surface area contributed by atoms with Crippen LogP contribution in [0.4, 0.5) is 11.6 Å². The largest absolute Gasteiger partial charge is 0.330 e. The van der Waals surface area contributed by atoms with Crippen molar-refractivity contribution in [3.8, 4) is 0 Å². The van der Waals surface area contributed by atoms with Crippen LogP contribution in [-0.2, 0) is 16.6 Å². The van der Waals surface area contributed by atoms with Gasteiger partial charge in [0.2, 0.25) is 16.0 Å². The first kappa shape index (κ1) is 20.7. The number of hydrogen-bond donors (Lipinski definition) is 3. The Hall–Kier alpha value is -2.56. The van der Waals surface area contributed by atoms with E-state index in [2.05, 4.69) is 20.4 Å². The van der Waals surface area contributed by atoms with E-state index in [0.29, 0.717) is 29.0 Å². The minimum Gasteiger partial charge on any atom is -0.330 e. The third kappa shape index (κ3) is 4.45. The Balaban J connectivity index is 1.55. The molecule has 3 aromatic rings. The highest BCUT2D eigenvalue weighted by Crippen LogP contribution is 2.30. The Kier molecular flexibility index (Phi) is 5.72. The molecule has 1 aromatic carbocycles. The van der Waals surface area contributed by atoms with Gasteiger partial charge in [-0.3, -0.25) is 0 Å². The quantitative estimate of drug-likeness (QED) is 0.545. The summed E-state index contributed by atoms with van der Waals surface area (Å²) in [5, 5.41) is 13.7. The van der Waals surface area contributed by atoms with E-state index in [1.54, 1.807) is 31.5 Å². The fourth-order valence-electron chi connectivity index (χ4n) is 4.07. The van der Waals surface area contributed by atoms with Crippen molar-refractivity contribution in [1.29, 1.82) is 0 Å². The van der Waals surface area contributed by atoms with Gasteiger partial charge in [-0.15, -0.1) is 0 Å². The van der Waals surface area contributed by atoms with Crippen LogP contribution >= 0.6 is 0 Å². The summed E-state index contributed by atoms with van der Waals surface area (Å²) in [6.07, 6.45) is 8.13. The molecular weight excluding hydrogens is 402 g/mol. The molecule has 0 aliphatic heterocycles. The van der Waals surface area contributed by atoms with Gasteiger partial charge in [-0.25, -0.2) is 23.2 Å². The fourth-order valence-corrected chi connectivity index (χ4v) is 4.88. The second kappa shape index (κ2) is 8.29. The monoisotopic (exact) mass is 429 g/mol. The highest BCUT2D eigenvalue weighted by Gasteiger charge is 2.21. The predicted molar refractivity (Wildman–Crippen MR) is 116 cm³/mol. The van der Waals surface area contributed by atoms with Gasteiger partial charge in [0.15, 0.2) is 5.65 Å². The van der Waals surface area contributed by atoms with Crippen molar-refractivity contribution in [3.05, 3.63) is 36.2 Å². The smallest absolute Gasteiger partial charge is 0.238 e. The third-order valence-corrected chi connectivity index (χ3v) is 6.91. The minimum atomic E-state index is -3.81. The number of hydrogen-bond acceptors (Lipinski definition) is 7. The van der Waals surface area contributed by atoms with Gasteiger partial charge < -0.3 is 11.1 Å². The zero-order valence-corrected chi connectivity index (χ0v) is 17.8. The van der Waals surface area contributed by atoms with E-state index in [1.807, 2.05) is 4.68 Å². The van der Waals surface area contributed by atoms with E-state index in [0.717, 1.165) is 37.0 Å². The van der Waals surface area contributed by atoms with Gasteiger partial charge in [-0.2, -0.15) is 10.1 Å². The lowest BCUT2D eigenvalue weighted by atomic mass is 9.82. The first-order valence-corrected chi connectivity index (χ1v) is 11.7. The van der Waals surface area contributed by atoms with Crippen molar-refractivity contribution >= 4 is 32.7 Å². The summed E-state index contributed by atoms with van der Waals surface area (Å²) in [5.41, 5.74) is 7.69. The number of sulfonamides is 1. The van der Waals surface area contributed by atoms with Crippen molar-refractivity contribution in [2.24, 2.45) is 22.7 Å². The van der Waals surface area contributed by atoms with Crippen LogP contribution in [0.2, 0.25) is 0 Å². The minimum absolute atomic E-state index is 0.0756. The van der Waals surface area contributed by atoms with E-state index in [4.69, 9.17) is 10.9 Å². The molecule has 1 fully saturated rings. The van der Waals surface area contributed by atoms with Crippen LogP contribution in [-0.4, -0.2) is 34.7 Å². The number of nitrogens with zero attached hydrogens (tertiary/aromatic N) is 4. The van der Waals surface area contributed by atoms with Crippen molar-refractivity contribution in [3.63, 3.8) is 0 Å². The average Bonchev–Trinajstić information content (AvgIpc) is 3.11. The number of benzene rings is 1. The molecule has 160 valence electrons.